The fraction of sp³-hybridized carbons (Fsp3) is 0.364. The third-order valence-corrected chi connectivity index (χ3v) is 6.87. The van der Waals surface area contributed by atoms with Gasteiger partial charge < -0.3 is 20.3 Å². The quantitative estimate of drug-likeness (QED) is 0.647. The molecule has 2 amide bonds. The standard InChI is InChI=1S/C22H27N3O5S/c1-4-25(5-2)16-6-8-18(15(3)12-16)23-21(26)10-11-31(28,29)17-7-9-20-19(13-17)24-22(27)14-30-20/h6-9,12-13H,4-5,10-11,14H2,1-3H3,(H,23,26)(H,24,27). The molecule has 1 heterocycles. The maximum Gasteiger partial charge on any atom is 0.262 e. The van der Waals surface area contributed by atoms with Gasteiger partial charge in [-0.1, -0.05) is 0 Å². The highest BCUT2D eigenvalue weighted by atomic mass is 32.2. The Bertz CT molecular complexity index is 1090. The van der Waals surface area contributed by atoms with Crippen LogP contribution in [0.5, 0.6) is 5.75 Å². The summed E-state index contributed by atoms with van der Waals surface area (Å²) in [5.41, 5.74) is 2.95. The second kappa shape index (κ2) is 9.38. The van der Waals surface area contributed by atoms with Crippen LogP contribution in [0.25, 0.3) is 0 Å². The number of hydrogen-bond donors (Lipinski definition) is 2. The van der Waals surface area contributed by atoms with Gasteiger partial charge in [0.25, 0.3) is 5.91 Å². The molecular formula is C22H27N3O5S. The highest BCUT2D eigenvalue weighted by Gasteiger charge is 2.22. The average Bonchev–Trinajstić information content (AvgIpc) is 2.74. The minimum absolute atomic E-state index is 0.0320. The molecule has 3 rings (SSSR count). The predicted molar refractivity (Wildman–Crippen MR) is 121 cm³/mol. The van der Waals surface area contributed by atoms with Crippen molar-refractivity contribution in [2.24, 2.45) is 0 Å². The molecule has 0 saturated heterocycles. The first-order chi connectivity index (χ1) is 14.7. The SMILES string of the molecule is CCN(CC)c1ccc(NC(=O)CCS(=O)(=O)c2ccc3c(c2)NC(=O)CO3)c(C)c1. The molecule has 2 N–H and O–H groups in total. The summed E-state index contributed by atoms with van der Waals surface area (Å²) < 4.78 is 30.6. The average molecular weight is 446 g/mol. The minimum Gasteiger partial charge on any atom is -0.482 e. The van der Waals surface area contributed by atoms with Crippen molar-refractivity contribution in [3.63, 3.8) is 0 Å². The van der Waals surface area contributed by atoms with Crippen LogP contribution in [-0.4, -0.2) is 45.7 Å². The van der Waals surface area contributed by atoms with Crippen LogP contribution in [-0.2, 0) is 19.4 Å². The summed E-state index contributed by atoms with van der Waals surface area (Å²) in [4.78, 5) is 26.1. The number of nitrogens with one attached hydrogen (secondary N) is 2. The van der Waals surface area contributed by atoms with Gasteiger partial charge in [-0.3, -0.25) is 9.59 Å². The molecule has 0 spiro atoms. The summed E-state index contributed by atoms with van der Waals surface area (Å²) in [5, 5.41) is 5.38. The van der Waals surface area contributed by atoms with Crippen molar-refractivity contribution in [1.82, 2.24) is 0 Å². The molecule has 0 radical (unpaired) electrons. The number of sulfone groups is 1. The van der Waals surface area contributed by atoms with E-state index in [1.54, 1.807) is 0 Å². The van der Waals surface area contributed by atoms with Crippen LogP contribution >= 0.6 is 0 Å². The van der Waals surface area contributed by atoms with E-state index < -0.39 is 9.84 Å². The number of benzene rings is 2. The van der Waals surface area contributed by atoms with E-state index in [2.05, 4.69) is 29.4 Å². The Morgan fingerprint density at radius 3 is 2.58 bits per heavy atom. The number of fused-ring (bicyclic) bond motifs is 1. The number of rotatable bonds is 8. The van der Waals surface area contributed by atoms with Gasteiger partial charge >= 0.3 is 0 Å². The largest absolute Gasteiger partial charge is 0.482 e. The lowest BCUT2D eigenvalue weighted by Crippen LogP contribution is -2.25. The number of nitrogens with zero attached hydrogens (tertiary/aromatic N) is 1. The summed E-state index contributed by atoms with van der Waals surface area (Å²) in [6.45, 7) is 7.74. The Hall–Kier alpha value is -3.07. The van der Waals surface area contributed by atoms with E-state index in [0.717, 1.165) is 24.3 Å². The van der Waals surface area contributed by atoms with Crippen molar-refractivity contribution < 1.29 is 22.7 Å². The molecule has 8 nitrogen and oxygen atoms in total. The molecule has 1 aliphatic heterocycles. The summed E-state index contributed by atoms with van der Waals surface area (Å²) in [6, 6.07) is 10.1. The van der Waals surface area contributed by atoms with Gasteiger partial charge in [0, 0.05) is 30.9 Å². The number of anilines is 3. The summed E-state index contributed by atoms with van der Waals surface area (Å²) >= 11 is 0. The van der Waals surface area contributed by atoms with Gasteiger partial charge in [0.05, 0.1) is 16.3 Å². The fourth-order valence-corrected chi connectivity index (χ4v) is 4.65. The Morgan fingerprint density at radius 2 is 1.90 bits per heavy atom. The van der Waals surface area contributed by atoms with Gasteiger partial charge in [-0.15, -0.1) is 0 Å². The lowest BCUT2D eigenvalue weighted by molar-refractivity contribution is -0.118. The van der Waals surface area contributed by atoms with E-state index in [1.165, 1.54) is 18.2 Å². The maximum absolute atomic E-state index is 12.7. The van der Waals surface area contributed by atoms with Gasteiger partial charge in [0.2, 0.25) is 5.91 Å². The molecule has 2 aromatic carbocycles. The Labute approximate surface area is 182 Å². The van der Waals surface area contributed by atoms with Crippen molar-refractivity contribution in [3.05, 3.63) is 42.0 Å². The van der Waals surface area contributed by atoms with E-state index >= 15 is 0 Å². The third-order valence-electron chi connectivity index (χ3n) is 5.15. The third kappa shape index (κ3) is 5.35. The highest BCUT2D eigenvalue weighted by molar-refractivity contribution is 7.91. The summed E-state index contributed by atoms with van der Waals surface area (Å²) in [6.07, 6.45) is -0.181. The number of aryl methyl sites for hydroxylation is 1. The second-order valence-electron chi connectivity index (χ2n) is 7.28. The maximum atomic E-state index is 12.7. The molecule has 9 heteroatoms. The molecule has 0 saturated carbocycles. The van der Waals surface area contributed by atoms with E-state index in [0.29, 0.717) is 17.1 Å². The summed E-state index contributed by atoms with van der Waals surface area (Å²) in [5.74, 6) is -0.649. The van der Waals surface area contributed by atoms with Crippen molar-refractivity contribution in [2.75, 3.05) is 41.0 Å². The van der Waals surface area contributed by atoms with Crippen LogP contribution in [0.3, 0.4) is 0 Å². The van der Waals surface area contributed by atoms with Crippen LogP contribution < -0.4 is 20.3 Å². The smallest absolute Gasteiger partial charge is 0.262 e. The Morgan fingerprint density at radius 1 is 1.16 bits per heavy atom. The molecule has 31 heavy (non-hydrogen) atoms. The first-order valence-electron chi connectivity index (χ1n) is 10.2. The van der Waals surface area contributed by atoms with Gasteiger partial charge in [-0.2, -0.15) is 0 Å². The van der Waals surface area contributed by atoms with Crippen molar-refractivity contribution in [2.45, 2.75) is 32.1 Å². The second-order valence-corrected chi connectivity index (χ2v) is 9.39. The monoisotopic (exact) mass is 445 g/mol. The van der Waals surface area contributed by atoms with Crippen LogP contribution in [0.15, 0.2) is 41.3 Å². The van der Waals surface area contributed by atoms with Crippen LogP contribution in [0.2, 0.25) is 0 Å². The molecule has 1 aliphatic rings. The van der Waals surface area contributed by atoms with Gasteiger partial charge in [-0.05, 0) is 62.7 Å². The minimum atomic E-state index is -3.71. The van der Waals surface area contributed by atoms with E-state index in [9.17, 15) is 18.0 Å². The van der Waals surface area contributed by atoms with E-state index in [1.807, 2.05) is 25.1 Å². The van der Waals surface area contributed by atoms with Crippen molar-refractivity contribution in [1.29, 1.82) is 0 Å². The van der Waals surface area contributed by atoms with E-state index in [-0.39, 0.29) is 35.5 Å². The molecule has 0 bridgehead atoms. The topological polar surface area (TPSA) is 105 Å². The van der Waals surface area contributed by atoms with E-state index in [4.69, 9.17) is 4.74 Å². The summed E-state index contributed by atoms with van der Waals surface area (Å²) in [7, 11) is -3.71. The lowest BCUT2D eigenvalue weighted by atomic mass is 10.1. The zero-order chi connectivity index (χ0) is 22.6. The van der Waals surface area contributed by atoms with Crippen LogP contribution in [0, 0.1) is 6.92 Å². The molecule has 0 fully saturated rings. The number of hydrogen-bond acceptors (Lipinski definition) is 6. The number of carbonyl (C=O) groups is 2. The normalized spacial score (nSPS) is 13.1. The number of amides is 2. The van der Waals surface area contributed by atoms with Crippen molar-refractivity contribution >= 4 is 38.7 Å². The van der Waals surface area contributed by atoms with Crippen LogP contribution in [0.1, 0.15) is 25.8 Å². The fourth-order valence-electron chi connectivity index (χ4n) is 3.39. The van der Waals surface area contributed by atoms with Gasteiger partial charge in [-0.25, -0.2) is 8.42 Å². The molecule has 166 valence electrons. The lowest BCUT2D eigenvalue weighted by Gasteiger charge is -2.22. The first kappa shape index (κ1) is 22.6. The van der Waals surface area contributed by atoms with Gasteiger partial charge in [0.15, 0.2) is 16.4 Å². The number of carbonyl (C=O) groups excluding carboxylic acids is 2. The van der Waals surface area contributed by atoms with Gasteiger partial charge in [0.1, 0.15) is 5.75 Å². The Balaban J connectivity index is 1.64. The Kier molecular flexibility index (Phi) is 6.84. The predicted octanol–water partition coefficient (Wildman–Crippen LogP) is 2.97. The molecule has 0 aliphatic carbocycles. The zero-order valence-corrected chi connectivity index (χ0v) is 18.7. The highest BCUT2D eigenvalue weighted by Crippen LogP contribution is 2.30. The first-order valence-corrected chi connectivity index (χ1v) is 11.8. The molecule has 0 atom stereocenters. The molecule has 2 aromatic rings. The van der Waals surface area contributed by atoms with Crippen LogP contribution in [0.4, 0.5) is 17.1 Å². The zero-order valence-electron chi connectivity index (χ0n) is 17.9. The molecular weight excluding hydrogens is 418 g/mol. The molecule has 0 aromatic heterocycles. The number of ether oxygens (including phenoxy) is 1. The molecule has 0 unspecified atom stereocenters. The van der Waals surface area contributed by atoms with Crippen molar-refractivity contribution in [3.8, 4) is 5.75 Å².